The number of halogens is 1. The van der Waals surface area contributed by atoms with Crippen LogP contribution in [-0.2, 0) is 4.43 Å². The van der Waals surface area contributed by atoms with Crippen LogP contribution < -0.4 is 0 Å². The molecule has 0 fully saturated rings. The quantitative estimate of drug-likeness (QED) is 0.444. The summed E-state index contributed by atoms with van der Waals surface area (Å²) in [5.41, 5.74) is 4.89. The van der Waals surface area contributed by atoms with Crippen molar-refractivity contribution in [3.8, 4) is 0 Å². The maximum atomic E-state index is 12.2. The molecule has 0 radical (unpaired) electrons. The smallest absolute Gasteiger partial charge is 0.165 e. The molecule has 3 heteroatoms. The zero-order valence-electron chi connectivity index (χ0n) is 9.63. The average Bonchev–Trinajstić information content (AvgIpc) is 2.28. The van der Waals surface area contributed by atoms with Crippen molar-refractivity contribution in [3.63, 3.8) is 0 Å². The molecular formula is C14H13IOS. The number of hydrogen-bond acceptors (Lipinski definition) is 2. The van der Waals surface area contributed by atoms with Crippen LogP contribution in [-0.4, -0.2) is 10.5 Å². The molecular weight excluding hydrogens is 343 g/mol. The third-order valence-electron chi connectivity index (χ3n) is 2.76. The van der Waals surface area contributed by atoms with Crippen molar-refractivity contribution in [1.82, 2.24) is 0 Å². The fraction of sp³-hybridized carbons (Fsp3) is 0.286. The molecule has 88 valence electrons. The first-order valence-electron chi connectivity index (χ1n) is 5.36. The highest BCUT2D eigenvalue weighted by Crippen LogP contribution is 2.44. The molecule has 0 spiro atoms. The Balaban J connectivity index is 2.45. The summed E-state index contributed by atoms with van der Waals surface area (Å²) in [6.07, 6.45) is 2.42. The lowest BCUT2D eigenvalue weighted by molar-refractivity contribution is 0.0971. The number of fused-ring (bicyclic) bond motifs is 1. The van der Waals surface area contributed by atoms with E-state index in [2.05, 4.69) is 54.0 Å². The number of thioether (sulfide) groups is 1. The van der Waals surface area contributed by atoms with Gasteiger partial charge in [-0.25, -0.2) is 0 Å². The summed E-state index contributed by atoms with van der Waals surface area (Å²) in [5, 5.41) is 0. The first-order chi connectivity index (χ1) is 8.08. The van der Waals surface area contributed by atoms with Crippen LogP contribution in [0.3, 0.4) is 0 Å². The van der Waals surface area contributed by atoms with Crippen molar-refractivity contribution in [2.75, 3.05) is 0 Å². The minimum atomic E-state index is -0.197. The predicted octanol–water partition coefficient (Wildman–Crippen LogP) is 4.40. The fourth-order valence-corrected chi connectivity index (χ4v) is 3.71. The van der Waals surface area contributed by atoms with Crippen LogP contribution in [0.5, 0.6) is 0 Å². The van der Waals surface area contributed by atoms with Gasteiger partial charge in [0, 0.05) is 21.3 Å². The molecule has 1 aromatic carbocycles. The Morgan fingerprint density at radius 1 is 1.65 bits per heavy atom. The summed E-state index contributed by atoms with van der Waals surface area (Å²) >= 11 is 4.04. The first kappa shape index (κ1) is 12.9. The molecule has 0 bridgehead atoms. The van der Waals surface area contributed by atoms with E-state index in [1.807, 2.05) is 12.1 Å². The summed E-state index contributed by atoms with van der Waals surface area (Å²) < 4.78 is 0.741. The molecule has 0 aliphatic carbocycles. The lowest BCUT2D eigenvalue weighted by Crippen LogP contribution is -2.26. The highest BCUT2D eigenvalue weighted by molar-refractivity contribution is 14.1. The molecule has 0 aromatic heterocycles. The van der Waals surface area contributed by atoms with Crippen LogP contribution in [0.1, 0.15) is 29.3 Å². The molecule has 0 saturated carbocycles. The summed E-state index contributed by atoms with van der Waals surface area (Å²) in [7, 11) is 0. The van der Waals surface area contributed by atoms with Crippen molar-refractivity contribution in [3.05, 3.63) is 47.7 Å². The van der Waals surface area contributed by atoms with Crippen molar-refractivity contribution < 1.29 is 4.79 Å². The number of carbonyl (C=O) groups excluding carboxylic acids is 1. The number of carbonyl (C=O) groups is 1. The normalized spacial score (nSPS) is 22.8. The van der Waals surface area contributed by atoms with Gasteiger partial charge in [-0.3, -0.25) is 4.79 Å². The van der Waals surface area contributed by atoms with Gasteiger partial charge >= 0.3 is 0 Å². The van der Waals surface area contributed by atoms with E-state index in [1.54, 1.807) is 11.8 Å². The Morgan fingerprint density at radius 3 is 3.06 bits per heavy atom. The summed E-state index contributed by atoms with van der Waals surface area (Å²) in [5.74, 6) is 0.222. The van der Waals surface area contributed by atoms with Gasteiger partial charge in [-0.1, -0.05) is 35.2 Å². The van der Waals surface area contributed by atoms with Crippen molar-refractivity contribution >= 4 is 40.1 Å². The highest BCUT2D eigenvalue weighted by Gasteiger charge is 2.33. The number of Topliss-reactive ketones (excluding diaryl/α,β-unsaturated/α-hetero) is 1. The van der Waals surface area contributed by atoms with Gasteiger partial charge in [0.15, 0.2) is 5.78 Å². The molecule has 0 N–H and O–H groups in total. The van der Waals surface area contributed by atoms with Crippen LogP contribution in [0.15, 0.2) is 41.5 Å². The third kappa shape index (κ3) is 2.67. The largest absolute Gasteiger partial charge is 0.294 e. The highest BCUT2D eigenvalue weighted by atomic mass is 127. The molecule has 1 aliphatic heterocycles. The molecule has 1 aliphatic rings. The van der Waals surface area contributed by atoms with Gasteiger partial charge in [0.25, 0.3) is 0 Å². The van der Waals surface area contributed by atoms with E-state index in [-0.39, 0.29) is 10.5 Å². The standard InChI is InChI=1S/C14H13IOS/c1-3-6-14(2)8-12(16)11-7-10(9-15)4-5-13(11)17-14/h4-7H,1,8-9H2,2H3. The molecule has 17 heavy (non-hydrogen) atoms. The van der Waals surface area contributed by atoms with Crippen LogP contribution in [0.25, 0.3) is 0 Å². The number of rotatable bonds is 2. The van der Waals surface area contributed by atoms with Crippen LogP contribution in [0.2, 0.25) is 0 Å². The number of hydrogen-bond donors (Lipinski definition) is 0. The van der Waals surface area contributed by atoms with Gasteiger partial charge in [-0.05, 0) is 30.7 Å². The maximum absolute atomic E-state index is 12.2. The first-order valence-corrected chi connectivity index (χ1v) is 7.70. The minimum absolute atomic E-state index is 0.197. The maximum Gasteiger partial charge on any atom is 0.165 e. The van der Waals surface area contributed by atoms with Gasteiger partial charge in [0.1, 0.15) is 0 Å². The van der Waals surface area contributed by atoms with E-state index in [9.17, 15) is 4.79 Å². The van der Waals surface area contributed by atoms with Gasteiger partial charge in [0.05, 0.1) is 4.75 Å². The molecule has 1 unspecified atom stereocenters. The second-order valence-corrected chi connectivity index (χ2v) is 6.67. The zero-order chi connectivity index (χ0) is 12.5. The molecule has 1 heterocycles. The molecule has 1 nitrogen and oxygen atoms in total. The van der Waals surface area contributed by atoms with Crippen molar-refractivity contribution in [1.29, 1.82) is 0 Å². The van der Waals surface area contributed by atoms with Crippen LogP contribution in [0, 0.1) is 0 Å². The number of benzene rings is 1. The summed E-state index contributed by atoms with van der Waals surface area (Å²) in [4.78, 5) is 13.2. The molecule has 0 saturated heterocycles. The topological polar surface area (TPSA) is 17.1 Å². The van der Waals surface area contributed by atoms with Crippen molar-refractivity contribution in [2.45, 2.75) is 27.4 Å². The minimum Gasteiger partial charge on any atom is -0.294 e. The van der Waals surface area contributed by atoms with Gasteiger partial charge in [0.2, 0.25) is 0 Å². The van der Waals surface area contributed by atoms with Crippen molar-refractivity contribution in [2.24, 2.45) is 0 Å². The third-order valence-corrected chi connectivity index (χ3v) is 4.95. The van der Waals surface area contributed by atoms with E-state index in [0.717, 1.165) is 14.9 Å². The molecule has 0 amide bonds. The Labute approximate surface area is 120 Å². The van der Waals surface area contributed by atoms with Gasteiger partial charge in [-0.2, -0.15) is 0 Å². The van der Waals surface area contributed by atoms with Gasteiger partial charge in [-0.15, -0.1) is 17.5 Å². The van der Waals surface area contributed by atoms with Gasteiger partial charge < -0.3 is 0 Å². The Bertz CT molecular complexity index is 517. The van der Waals surface area contributed by atoms with E-state index in [0.29, 0.717) is 6.42 Å². The Kier molecular flexibility index (Phi) is 3.81. The van der Waals surface area contributed by atoms with E-state index < -0.39 is 0 Å². The average molecular weight is 356 g/mol. The number of ketones is 1. The van der Waals surface area contributed by atoms with Crippen LogP contribution >= 0.6 is 34.4 Å². The summed E-state index contributed by atoms with van der Waals surface area (Å²) in [6, 6.07) is 6.17. The second-order valence-electron chi connectivity index (χ2n) is 4.33. The van der Waals surface area contributed by atoms with E-state index >= 15 is 0 Å². The lowest BCUT2D eigenvalue weighted by Gasteiger charge is -2.30. The zero-order valence-corrected chi connectivity index (χ0v) is 12.6. The second kappa shape index (κ2) is 5.01. The monoisotopic (exact) mass is 356 g/mol. The summed E-state index contributed by atoms with van der Waals surface area (Å²) in [6.45, 7) is 5.66. The lowest BCUT2D eigenvalue weighted by atomic mass is 9.97. The fourth-order valence-electron chi connectivity index (χ4n) is 1.96. The molecule has 1 aromatic rings. The molecule has 2 rings (SSSR count). The van der Waals surface area contributed by atoms with Crippen LogP contribution in [0.4, 0.5) is 0 Å². The SMILES string of the molecule is C=C=CC1(C)CC(=O)c2cc(CI)ccc2S1. The number of alkyl halides is 1. The molecule has 1 atom stereocenters. The van der Waals surface area contributed by atoms with E-state index in [4.69, 9.17) is 0 Å². The van der Waals surface area contributed by atoms with E-state index in [1.165, 1.54) is 5.56 Å². The Hall–Kier alpha value is -0.510. The Morgan fingerprint density at radius 2 is 2.41 bits per heavy atom. The predicted molar refractivity (Wildman–Crippen MR) is 81.1 cm³/mol.